The lowest BCUT2D eigenvalue weighted by Crippen LogP contribution is -1.83. The van der Waals surface area contributed by atoms with Crippen molar-refractivity contribution in [3.63, 3.8) is 0 Å². The van der Waals surface area contributed by atoms with Gasteiger partial charge in [0, 0.05) is 11.3 Å². The molecule has 60 valence electrons. The summed E-state index contributed by atoms with van der Waals surface area (Å²) in [5.74, 6) is 0.509. The Labute approximate surface area is 69.0 Å². The predicted octanol–water partition coefficient (Wildman–Crippen LogP) is 1.32. The molecule has 0 amide bonds. The van der Waals surface area contributed by atoms with Crippen LogP contribution in [0.1, 0.15) is 0 Å². The van der Waals surface area contributed by atoms with Crippen molar-refractivity contribution < 1.29 is 4.52 Å². The molecule has 0 unspecified atom stereocenters. The number of hydrogen-bond donors (Lipinski definition) is 1. The largest absolute Gasteiger partial charge is 0.399 e. The van der Waals surface area contributed by atoms with Crippen LogP contribution in [0.5, 0.6) is 0 Å². The van der Waals surface area contributed by atoms with Crippen molar-refractivity contribution in [2.75, 3.05) is 5.73 Å². The van der Waals surface area contributed by atoms with Crippen molar-refractivity contribution in [2.24, 2.45) is 0 Å². The third-order valence-electron chi connectivity index (χ3n) is 1.52. The summed E-state index contributed by atoms with van der Waals surface area (Å²) >= 11 is 0. The molecule has 0 spiro atoms. The lowest BCUT2D eigenvalue weighted by atomic mass is 10.2. The van der Waals surface area contributed by atoms with Crippen molar-refractivity contribution in [1.29, 1.82) is 0 Å². The highest BCUT2D eigenvalue weighted by Crippen LogP contribution is 2.16. The fourth-order valence-corrected chi connectivity index (χ4v) is 0.926. The van der Waals surface area contributed by atoms with Crippen molar-refractivity contribution in [2.45, 2.75) is 0 Å². The van der Waals surface area contributed by atoms with E-state index in [2.05, 4.69) is 10.1 Å². The van der Waals surface area contributed by atoms with Gasteiger partial charge in [-0.15, -0.1) is 0 Å². The Morgan fingerprint density at radius 2 is 1.92 bits per heavy atom. The molecule has 0 fully saturated rings. The van der Waals surface area contributed by atoms with Crippen LogP contribution in [0.15, 0.2) is 35.1 Å². The lowest BCUT2D eigenvalue weighted by Gasteiger charge is -1.93. The van der Waals surface area contributed by atoms with E-state index in [9.17, 15) is 0 Å². The molecule has 1 heterocycles. The van der Waals surface area contributed by atoms with Gasteiger partial charge >= 0.3 is 0 Å². The average molecular weight is 161 g/mol. The Hall–Kier alpha value is -1.84. The zero-order valence-corrected chi connectivity index (χ0v) is 6.27. The van der Waals surface area contributed by atoms with Crippen molar-refractivity contribution >= 4 is 5.69 Å². The molecule has 0 saturated carbocycles. The van der Waals surface area contributed by atoms with Crippen molar-refractivity contribution in [1.82, 2.24) is 10.1 Å². The molecule has 4 nitrogen and oxygen atoms in total. The number of nitrogens with zero attached hydrogens (tertiary/aromatic N) is 2. The van der Waals surface area contributed by atoms with Crippen molar-refractivity contribution in [3.8, 4) is 11.5 Å². The van der Waals surface area contributed by atoms with Gasteiger partial charge in [0.1, 0.15) is 0 Å². The van der Waals surface area contributed by atoms with Gasteiger partial charge in [-0.3, -0.25) is 0 Å². The monoisotopic (exact) mass is 161 g/mol. The molecule has 4 heteroatoms. The van der Waals surface area contributed by atoms with Crippen LogP contribution in [0, 0.1) is 0 Å². The lowest BCUT2D eigenvalue weighted by molar-refractivity contribution is 0.430. The molecule has 2 aromatic rings. The second kappa shape index (κ2) is 2.65. The summed E-state index contributed by atoms with van der Waals surface area (Å²) in [5.41, 5.74) is 7.11. The molecular formula is C8H7N3O. The fraction of sp³-hybridized carbons (Fsp3) is 0. The summed E-state index contributed by atoms with van der Waals surface area (Å²) in [6.45, 7) is 0. The van der Waals surface area contributed by atoms with Crippen LogP contribution in [0.25, 0.3) is 11.5 Å². The minimum absolute atomic E-state index is 0.509. The molecule has 1 aromatic heterocycles. The molecule has 0 saturated heterocycles. The van der Waals surface area contributed by atoms with E-state index in [1.165, 1.54) is 6.33 Å². The highest BCUT2D eigenvalue weighted by atomic mass is 16.5. The molecule has 0 aliphatic heterocycles. The van der Waals surface area contributed by atoms with Crippen LogP contribution >= 0.6 is 0 Å². The van der Waals surface area contributed by atoms with Gasteiger partial charge in [0.2, 0.25) is 0 Å². The number of nitrogens with two attached hydrogens (primary N) is 1. The van der Waals surface area contributed by atoms with E-state index in [1.54, 1.807) is 12.1 Å². The number of nitrogen functional groups attached to an aromatic ring is 1. The molecule has 0 bridgehead atoms. The van der Waals surface area contributed by atoms with Gasteiger partial charge in [0.15, 0.2) is 6.33 Å². The van der Waals surface area contributed by atoms with Gasteiger partial charge in [-0.25, -0.2) is 0 Å². The fourth-order valence-electron chi connectivity index (χ4n) is 0.926. The van der Waals surface area contributed by atoms with Crippen molar-refractivity contribution in [3.05, 3.63) is 30.6 Å². The van der Waals surface area contributed by atoms with E-state index in [1.807, 2.05) is 12.1 Å². The smallest absolute Gasteiger partial charge is 0.257 e. The molecule has 0 aliphatic carbocycles. The zero-order valence-electron chi connectivity index (χ0n) is 6.27. The molecule has 12 heavy (non-hydrogen) atoms. The zero-order chi connectivity index (χ0) is 8.39. The van der Waals surface area contributed by atoms with Crippen LogP contribution in [-0.4, -0.2) is 10.1 Å². The van der Waals surface area contributed by atoms with Gasteiger partial charge in [-0.1, -0.05) is 5.16 Å². The van der Waals surface area contributed by atoms with E-state index in [-0.39, 0.29) is 0 Å². The topological polar surface area (TPSA) is 64.9 Å². The van der Waals surface area contributed by atoms with Gasteiger partial charge in [-0.2, -0.15) is 4.98 Å². The van der Waals surface area contributed by atoms with Crippen LogP contribution in [-0.2, 0) is 0 Å². The van der Waals surface area contributed by atoms with Crippen LogP contribution in [0.2, 0.25) is 0 Å². The maximum Gasteiger partial charge on any atom is 0.257 e. The molecule has 0 aliphatic rings. The first kappa shape index (κ1) is 6.84. The number of aromatic nitrogens is 2. The molecule has 1 aromatic carbocycles. The normalized spacial score (nSPS) is 10.0. The number of anilines is 1. The Balaban J connectivity index is 2.43. The molecule has 0 atom stereocenters. The number of benzene rings is 1. The first-order valence-corrected chi connectivity index (χ1v) is 3.49. The quantitative estimate of drug-likeness (QED) is 0.640. The first-order chi connectivity index (χ1) is 5.86. The van der Waals surface area contributed by atoms with E-state index in [4.69, 9.17) is 10.3 Å². The summed E-state index contributed by atoms with van der Waals surface area (Å²) in [7, 11) is 0. The van der Waals surface area contributed by atoms with E-state index in [0.29, 0.717) is 5.89 Å². The van der Waals surface area contributed by atoms with E-state index < -0.39 is 0 Å². The van der Waals surface area contributed by atoms with Crippen LogP contribution < -0.4 is 5.73 Å². The Kier molecular flexibility index (Phi) is 1.51. The van der Waals surface area contributed by atoms with Gasteiger partial charge < -0.3 is 10.3 Å². The molecular weight excluding hydrogens is 154 g/mol. The standard InChI is InChI=1S/C8H7N3O/c9-7-3-1-6(2-4-7)8-10-5-11-12-8/h1-5H,9H2. The third-order valence-corrected chi connectivity index (χ3v) is 1.52. The summed E-state index contributed by atoms with van der Waals surface area (Å²) in [6.07, 6.45) is 1.37. The highest BCUT2D eigenvalue weighted by Gasteiger charge is 2.01. The second-order valence-corrected chi connectivity index (χ2v) is 2.37. The summed E-state index contributed by atoms with van der Waals surface area (Å²) in [5, 5.41) is 3.50. The Morgan fingerprint density at radius 3 is 2.50 bits per heavy atom. The molecule has 2 N–H and O–H groups in total. The second-order valence-electron chi connectivity index (χ2n) is 2.37. The van der Waals surface area contributed by atoms with Crippen LogP contribution in [0.4, 0.5) is 5.69 Å². The Morgan fingerprint density at radius 1 is 1.17 bits per heavy atom. The molecule has 0 radical (unpaired) electrons. The number of rotatable bonds is 1. The minimum atomic E-state index is 0.509. The van der Waals surface area contributed by atoms with E-state index in [0.717, 1.165) is 11.3 Å². The van der Waals surface area contributed by atoms with E-state index >= 15 is 0 Å². The van der Waals surface area contributed by atoms with Crippen LogP contribution in [0.3, 0.4) is 0 Å². The molecule has 2 rings (SSSR count). The Bertz CT molecular complexity index is 352. The SMILES string of the molecule is Nc1ccc(-c2ncno2)cc1. The number of hydrogen-bond acceptors (Lipinski definition) is 4. The van der Waals surface area contributed by atoms with Gasteiger partial charge in [0.25, 0.3) is 5.89 Å². The minimum Gasteiger partial charge on any atom is -0.399 e. The summed E-state index contributed by atoms with van der Waals surface area (Å²) < 4.78 is 4.86. The maximum absolute atomic E-state index is 5.51. The average Bonchev–Trinajstić information content (AvgIpc) is 2.58. The summed E-state index contributed by atoms with van der Waals surface area (Å²) in [4.78, 5) is 3.90. The summed E-state index contributed by atoms with van der Waals surface area (Å²) in [6, 6.07) is 7.25. The maximum atomic E-state index is 5.51. The van der Waals surface area contributed by atoms with Gasteiger partial charge in [0.05, 0.1) is 0 Å². The third kappa shape index (κ3) is 1.14. The highest BCUT2D eigenvalue weighted by molar-refractivity contribution is 5.56. The first-order valence-electron chi connectivity index (χ1n) is 3.49. The van der Waals surface area contributed by atoms with Gasteiger partial charge in [-0.05, 0) is 24.3 Å². The predicted molar refractivity (Wildman–Crippen MR) is 44.1 cm³/mol.